The molecule has 3 fully saturated rings. The summed E-state index contributed by atoms with van der Waals surface area (Å²) in [5.41, 5.74) is 2.92. The van der Waals surface area contributed by atoms with Crippen molar-refractivity contribution >= 4 is 0 Å². The minimum atomic E-state index is 0.977. The molecule has 0 saturated heterocycles. The summed E-state index contributed by atoms with van der Waals surface area (Å²) in [4.78, 5) is 0. The molecule has 0 nitrogen and oxygen atoms in total. The Morgan fingerprint density at radius 3 is 2.29 bits per heavy atom. The lowest BCUT2D eigenvalue weighted by Gasteiger charge is -2.45. The zero-order chi connectivity index (χ0) is 9.54. The van der Waals surface area contributed by atoms with Crippen molar-refractivity contribution in [1.29, 1.82) is 0 Å². The predicted octanol–water partition coefficient (Wildman–Crippen LogP) is 3.79. The number of hydrogen-bond acceptors (Lipinski definition) is 0. The van der Waals surface area contributed by atoms with Crippen molar-refractivity contribution in [3.63, 3.8) is 0 Å². The molecule has 3 saturated carbocycles. The highest BCUT2D eigenvalue weighted by Crippen LogP contribution is 2.63. The molecule has 0 bridgehead atoms. The molecule has 0 aromatic heterocycles. The molecule has 3 rings (SSSR count). The summed E-state index contributed by atoms with van der Waals surface area (Å²) in [6.07, 6.45) is 11.1. The van der Waals surface area contributed by atoms with Crippen LogP contribution in [0.5, 0.6) is 0 Å². The van der Waals surface area contributed by atoms with Gasteiger partial charge < -0.3 is 0 Å². The highest BCUT2D eigenvalue weighted by atomic mass is 14.6. The summed E-state index contributed by atoms with van der Waals surface area (Å²) >= 11 is 0. The fourth-order valence-electron chi connectivity index (χ4n) is 4.58. The van der Waals surface area contributed by atoms with Gasteiger partial charge in [-0.2, -0.15) is 0 Å². The third-order valence-corrected chi connectivity index (χ3v) is 5.08. The third-order valence-electron chi connectivity index (χ3n) is 5.08. The summed E-state index contributed by atoms with van der Waals surface area (Å²) in [6.45, 7) is 3.65. The molecule has 0 heteroatoms. The quantitative estimate of drug-likeness (QED) is 0.578. The van der Waals surface area contributed by atoms with Crippen LogP contribution in [0.2, 0.25) is 0 Å². The zero-order valence-electron chi connectivity index (χ0n) is 8.91. The second kappa shape index (κ2) is 3.28. The largest absolute Gasteiger partial charge is 0.133 e. The fourth-order valence-corrected chi connectivity index (χ4v) is 4.58. The number of allylic oxidation sites excluding steroid dienone is 1. The van der Waals surface area contributed by atoms with Gasteiger partial charge in [0.2, 0.25) is 0 Å². The van der Waals surface area contributed by atoms with Gasteiger partial charge in [-0.1, -0.05) is 13.0 Å². The van der Waals surface area contributed by atoms with Gasteiger partial charge in [-0.05, 0) is 67.8 Å². The molecule has 0 aromatic carbocycles. The predicted molar refractivity (Wildman–Crippen MR) is 58.9 cm³/mol. The highest BCUT2D eigenvalue weighted by Gasteiger charge is 2.55. The average Bonchev–Trinajstić information content (AvgIpc) is 2.73. The average molecular weight is 188 g/mol. The van der Waals surface area contributed by atoms with Crippen LogP contribution in [0.4, 0.5) is 0 Å². The van der Waals surface area contributed by atoms with Crippen LogP contribution in [0, 0.1) is 29.6 Å². The SMILES string of the molecule is C=C=CCC1CC2C3CCCC3C2C1. The summed E-state index contributed by atoms with van der Waals surface area (Å²) in [5.74, 6) is 5.54. The summed E-state index contributed by atoms with van der Waals surface area (Å²) < 4.78 is 0. The van der Waals surface area contributed by atoms with Crippen molar-refractivity contribution in [2.24, 2.45) is 29.6 Å². The summed E-state index contributed by atoms with van der Waals surface area (Å²) in [5, 5.41) is 0. The van der Waals surface area contributed by atoms with E-state index in [1.807, 2.05) is 0 Å². The molecule has 0 heterocycles. The first-order chi connectivity index (χ1) is 6.90. The Bertz CT molecular complexity index is 254. The van der Waals surface area contributed by atoms with Gasteiger partial charge in [-0.15, -0.1) is 5.73 Å². The van der Waals surface area contributed by atoms with E-state index in [2.05, 4.69) is 18.4 Å². The molecule has 76 valence electrons. The lowest BCUT2D eigenvalue weighted by molar-refractivity contribution is 0.0302. The van der Waals surface area contributed by atoms with Crippen molar-refractivity contribution in [1.82, 2.24) is 0 Å². The van der Waals surface area contributed by atoms with Crippen molar-refractivity contribution in [2.45, 2.75) is 38.5 Å². The maximum Gasteiger partial charge on any atom is -0.0246 e. The molecule has 3 aliphatic rings. The smallest absolute Gasteiger partial charge is 0.0246 e. The van der Waals surface area contributed by atoms with Crippen LogP contribution in [0.25, 0.3) is 0 Å². The van der Waals surface area contributed by atoms with Gasteiger partial charge in [-0.25, -0.2) is 0 Å². The molecule has 14 heavy (non-hydrogen) atoms. The van der Waals surface area contributed by atoms with E-state index < -0.39 is 0 Å². The molecule has 0 aliphatic heterocycles. The Labute approximate surface area is 87.1 Å². The van der Waals surface area contributed by atoms with Crippen LogP contribution < -0.4 is 0 Å². The van der Waals surface area contributed by atoms with Crippen molar-refractivity contribution in [3.05, 3.63) is 18.4 Å². The van der Waals surface area contributed by atoms with E-state index in [-0.39, 0.29) is 0 Å². The second-order valence-corrected chi connectivity index (χ2v) is 5.57. The monoisotopic (exact) mass is 188 g/mol. The normalized spacial score (nSPS) is 49.0. The van der Waals surface area contributed by atoms with E-state index in [9.17, 15) is 0 Å². The van der Waals surface area contributed by atoms with Crippen molar-refractivity contribution in [2.75, 3.05) is 0 Å². The molecule has 0 N–H and O–H groups in total. The van der Waals surface area contributed by atoms with Crippen molar-refractivity contribution < 1.29 is 0 Å². The van der Waals surface area contributed by atoms with E-state index >= 15 is 0 Å². The van der Waals surface area contributed by atoms with Crippen LogP contribution >= 0.6 is 0 Å². The van der Waals surface area contributed by atoms with E-state index in [4.69, 9.17) is 0 Å². The van der Waals surface area contributed by atoms with Crippen LogP contribution in [0.15, 0.2) is 18.4 Å². The van der Waals surface area contributed by atoms with Gasteiger partial charge in [-0.3, -0.25) is 0 Å². The number of hydrogen-bond donors (Lipinski definition) is 0. The van der Waals surface area contributed by atoms with E-state index in [1.54, 1.807) is 12.8 Å². The second-order valence-electron chi connectivity index (χ2n) is 5.57. The topological polar surface area (TPSA) is 0 Å². The minimum absolute atomic E-state index is 0.977. The summed E-state index contributed by atoms with van der Waals surface area (Å²) in [6, 6.07) is 0. The molecule has 4 unspecified atom stereocenters. The Hall–Kier alpha value is -0.480. The first-order valence-electron chi connectivity index (χ1n) is 6.24. The van der Waals surface area contributed by atoms with Gasteiger partial charge in [0.15, 0.2) is 0 Å². The number of rotatable bonds is 2. The third kappa shape index (κ3) is 1.13. The molecular weight excluding hydrogens is 168 g/mol. The Balaban J connectivity index is 1.63. The highest BCUT2D eigenvalue weighted by molar-refractivity contribution is 5.05. The van der Waals surface area contributed by atoms with Gasteiger partial charge in [0.25, 0.3) is 0 Å². The van der Waals surface area contributed by atoms with Crippen LogP contribution in [-0.2, 0) is 0 Å². The Kier molecular flexibility index (Phi) is 2.06. The Morgan fingerprint density at radius 2 is 1.71 bits per heavy atom. The van der Waals surface area contributed by atoms with Crippen LogP contribution in [0.1, 0.15) is 38.5 Å². The summed E-state index contributed by atoms with van der Waals surface area (Å²) in [7, 11) is 0. The molecule has 0 aromatic rings. The lowest BCUT2D eigenvalue weighted by Crippen LogP contribution is -2.39. The number of fused-ring (bicyclic) bond motifs is 4. The van der Waals surface area contributed by atoms with E-state index in [1.165, 1.54) is 25.7 Å². The van der Waals surface area contributed by atoms with Gasteiger partial charge in [0, 0.05) is 0 Å². The Morgan fingerprint density at radius 1 is 1.07 bits per heavy atom. The molecular formula is C14H20. The zero-order valence-corrected chi connectivity index (χ0v) is 8.91. The maximum absolute atomic E-state index is 3.65. The van der Waals surface area contributed by atoms with E-state index in [0.29, 0.717) is 0 Å². The van der Waals surface area contributed by atoms with Crippen LogP contribution in [-0.4, -0.2) is 0 Å². The lowest BCUT2D eigenvalue weighted by atomic mass is 9.60. The van der Waals surface area contributed by atoms with Crippen LogP contribution in [0.3, 0.4) is 0 Å². The standard InChI is InChI=1S/C14H20/c1-2-3-5-10-8-13-11-6-4-7-12(11)14(13)9-10/h3,10-14H,1,4-9H2. The van der Waals surface area contributed by atoms with E-state index in [0.717, 1.165) is 29.6 Å². The van der Waals surface area contributed by atoms with Gasteiger partial charge >= 0.3 is 0 Å². The first kappa shape index (κ1) is 8.80. The molecule has 3 aliphatic carbocycles. The molecule has 0 radical (unpaired) electrons. The maximum atomic E-state index is 3.65. The molecule has 0 spiro atoms. The van der Waals surface area contributed by atoms with Crippen molar-refractivity contribution in [3.8, 4) is 0 Å². The fraction of sp³-hybridized carbons (Fsp3) is 0.786. The minimum Gasteiger partial charge on any atom is -0.133 e. The molecule has 4 atom stereocenters. The molecule has 0 amide bonds. The van der Waals surface area contributed by atoms with Gasteiger partial charge in [0.05, 0.1) is 0 Å². The first-order valence-corrected chi connectivity index (χ1v) is 6.24. The van der Waals surface area contributed by atoms with Gasteiger partial charge in [0.1, 0.15) is 0 Å².